The van der Waals surface area contributed by atoms with Gasteiger partial charge in [-0.3, -0.25) is 4.79 Å². The molecule has 1 aromatic heterocycles. The van der Waals surface area contributed by atoms with E-state index >= 15 is 0 Å². The van der Waals surface area contributed by atoms with Crippen LogP contribution in [0, 0.1) is 0 Å². The maximum atomic E-state index is 12.4. The van der Waals surface area contributed by atoms with Crippen LogP contribution >= 0.6 is 0 Å². The first-order valence-electron chi connectivity index (χ1n) is 8.44. The first-order chi connectivity index (χ1) is 13.6. The van der Waals surface area contributed by atoms with Crippen LogP contribution in [0.15, 0.2) is 65.3 Å². The van der Waals surface area contributed by atoms with Crippen molar-refractivity contribution in [1.82, 2.24) is 0 Å². The third kappa shape index (κ3) is 4.32. The molecule has 1 amide bonds. The minimum atomic E-state index is -0.484. The number of nitrogens with one attached hydrogen (secondary N) is 1. The third-order valence-electron chi connectivity index (χ3n) is 3.98. The summed E-state index contributed by atoms with van der Waals surface area (Å²) in [5, 5.41) is 2.81. The van der Waals surface area contributed by atoms with Crippen LogP contribution in [-0.4, -0.2) is 26.1 Å². The van der Waals surface area contributed by atoms with Crippen LogP contribution < -0.4 is 14.8 Å². The standard InChI is InChI=1S/C21H19NO6/c1-25-18-6-4-3-5-16(18)20(23)22-14-7-9-15(10-8-14)28-13-19-17(11-12-27-19)21(24)26-2/h3-12H,13H2,1-2H3,(H,22,23). The molecule has 1 N–H and O–H groups in total. The molecule has 0 bridgehead atoms. The molecule has 0 radical (unpaired) electrons. The van der Waals surface area contributed by atoms with Crippen LogP contribution in [0.2, 0.25) is 0 Å². The van der Waals surface area contributed by atoms with E-state index in [1.165, 1.54) is 26.5 Å². The summed E-state index contributed by atoms with van der Waals surface area (Å²) >= 11 is 0. The fraction of sp³-hybridized carbons (Fsp3) is 0.143. The molecule has 2 aromatic carbocycles. The van der Waals surface area contributed by atoms with Gasteiger partial charge in [0.15, 0.2) is 5.76 Å². The summed E-state index contributed by atoms with van der Waals surface area (Å²) in [6, 6.07) is 15.4. The van der Waals surface area contributed by atoms with Crippen LogP contribution in [-0.2, 0) is 11.3 Å². The number of anilines is 1. The van der Waals surface area contributed by atoms with E-state index in [1.807, 2.05) is 0 Å². The van der Waals surface area contributed by atoms with Crippen molar-refractivity contribution in [2.75, 3.05) is 19.5 Å². The first kappa shape index (κ1) is 19.0. The summed E-state index contributed by atoms with van der Waals surface area (Å²) in [4.78, 5) is 24.0. The highest BCUT2D eigenvalue weighted by atomic mass is 16.5. The van der Waals surface area contributed by atoms with Crippen molar-refractivity contribution < 1.29 is 28.2 Å². The Bertz CT molecular complexity index is 961. The number of hydrogen-bond donors (Lipinski definition) is 1. The maximum Gasteiger partial charge on any atom is 0.341 e. The van der Waals surface area contributed by atoms with Crippen LogP contribution in [0.3, 0.4) is 0 Å². The van der Waals surface area contributed by atoms with Gasteiger partial charge in [0.1, 0.15) is 23.7 Å². The van der Waals surface area contributed by atoms with Gasteiger partial charge in [-0.25, -0.2) is 4.79 Å². The number of hydrogen-bond acceptors (Lipinski definition) is 6. The lowest BCUT2D eigenvalue weighted by atomic mass is 10.2. The largest absolute Gasteiger partial charge is 0.496 e. The van der Waals surface area contributed by atoms with Crippen LogP contribution in [0.1, 0.15) is 26.5 Å². The maximum absolute atomic E-state index is 12.4. The molecular formula is C21H19NO6. The molecule has 0 aliphatic heterocycles. The van der Waals surface area contributed by atoms with E-state index in [0.29, 0.717) is 34.1 Å². The van der Waals surface area contributed by atoms with Crippen LogP contribution in [0.4, 0.5) is 5.69 Å². The van der Waals surface area contributed by atoms with Gasteiger partial charge in [-0.05, 0) is 42.5 Å². The Morgan fingerprint density at radius 3 is 2.43 bits per heavy atom. The Hall–Kier alpha value is -3.74. The molecule has 3 rings (SSSR count). The molecule has 28 heavy (non-hydrogen) atoms. The van der Waals surface area contributed by atoms with Crippen molar-refractivity contribution in [2.45, 2.75) is 6.61 Å². The average Bonchev–Trinajstić information content (AvgIpc) is 3.21. The molecule has 0 saturated carbocycles. The lowest BCUT2D eigenvalue weighted by Crippen LogP contribution is -2.13. The molecule has 3 aromatic rings. The lowest BCUT2D eigenvalue weighted by molar-refractivity contribution is 0.0595. The monoisotopic (exact) mass is 381 g/mol. The zero-order valence-electron chi connectivity index (χ0n) is 15.4. The fourth-order valence-corrected chi connectivity index (χ4v) is 2.56. The van der Waals surface area contributed by atoms with Crippen LogP contribution in [0.25, 0.3) is 0 Å². The summed E-state index contributed by atoms with van der Waals surface area (Å²) in [5.74, 6) is 0.675. The normalized spacial score (nSPS) is 10.2. The molecule has 0 atom stereocenters. The second-order valence-corrected chi connectivity index (χ2v) is 5.72. The van der Waals surface area contributed by atoms with Gasteiger partial charge in [0, 0.05) is 5.69 Å². The highest BCUT2D eigenvalue weighted by molar-refractivity contribution is 6.06. The quantitative estimate of drug-likeness (QED) is 0.625. The second-order valence-electron chi connectivity index (χ2n) is 5.72. The van der Waals surface area contributed by atoms with Crippen LogP contribution in [0.5, 0.6) is 11.5 Å². The molecule has 0 fully saturated rings. The van der Waals surface area contributed by atoms with Gasteiger partial charge in [-0.1, -0.05) is 12.1 Å². The van der Waals surface area contributed by atoms with E-state index < -0.39 is 5.97 Å². The van der Waals surface area contributed by atoms with Gasteiger partial charge < -0.3 is 23.9 Å². The SMILES string of the molecule is COC(=O)c1ccoc1COc1ccc(NC(=O)c2ccccc2OC)cc1. The predicted molar refractivity (Wildman–Crippen MR) is 102 cm³/mol. The molecule has 1 heterocycles. The van der Waals surface area contributed by atoms with E-state index in [4.69, 9.17) is 13.9 Å². The van der Waals surface area contributed by atoms with Gasteiger partial charge in [0.25, 0.3) is 5.91 Å². The summed E-state index contributed by atoms with van der Waals surface area (Å²) in [6.45, 7) is 0.0738. The highest BCUT2D eigenvalue weighted by Crippen LogP contribution is 2.22. The summed E-state index contributed by atoms with van der Waals surface area (Å²) in [6.07, 6.45) is 1.40. The zero-order valence-corrected chi connectivity index (χ0v) is 15.4. The third-order valence-corrected chi connectivity index (χ3v) is 3.98. The fourth-order valence-electron chi connectivity index (χ4n) is 2.56. The Labute approximate surface area is 161 Å². The first-order valence-corrected chi connectivity index (χ1v) is 8.44. The Balaban J connectivity index is 1.62. The number of rotatable bonds is 7. The number of furan rings is 1. The number of amides is 1. The van der Waals surface area contributed by atoms with Gasteiger partial charge in [0.05, 0.1) is 26.0 Å². The van der Waals surface area contributed by atoms with Crippen molar-refractivity contribution in [3.8, 4) is 11.5 Å². The molecule has 144 valence electrons. The minimum absolute atomic E-state index is 0.0738. The van der Waals surface area contributed by atoms with Gasteiger partial charge in [0.2, 0.25) is 0 Å². The Morgan fingerprint density at radius 2 is 1.71 bits per heavy atom. The molecular weight excluding hydrogens is 362 g/mol. The lowest BCUT2D eigenvalue weighted by Gasteiger charge is -2.10. The predicted octanol–water partition coefficient (Wildman–Crippen LogP) is 3.91. The zero-order chi connectivity index (χ0) is 19.9. The summed E-state index contributed by atoms with van der Waals surface area (Å²) in [5.41, 5.74) is 1.37. The van der Waals surface area contributed by atoms with Crippen molar-refractivity contribution in [1.29, 1.82) is 0 Å². The van der Waals surface area contributed by atoms with E-state index in [1.54, 1.807) is 48.5 Å². The summed E-state index contributed by atoms with van der Waals surface area (Å²) < 4.78 is 20.8. The topological polar surface area (TPSA) is 87.0 Å². The van der Waals surface area contributed by atoms with Gasteiger partial charge in [-0.15, -0.1) is 0 Å². The van der Waals surface area contributed by atoms with Gasteiger partial charge in [-0.2, -0.15) is 0 Å². The van der Waals surface area contributed by atoms with Crippen molar-refractivity contribution in [3.05, 3.63) is 77.7 Å². The number of methoxy groups -OCH3 is 2. The number of carbonyl (C=O) groups is 2. The molecule has 7 nitrogen and oxygen atoms in total. The summed E-state index contributed by atoms with van der Waals surface area (Å²) in [7, 11) is 2.82. The molecule has 7 heteroatoms. The Kier molecular flexibility index (Phi) is 5.96. The average molecular weight is 381 g/mol. The highest BCUT2D eigenvalue weighted by Gasteiger charge is 2.15. The Morgan fingerprint density at radius 1 is 0.964 bits per heavy atom. The number of esters is 1. The van der Waals surface area contributed by atoms with E-state index in [0.717, 1.165) is 0 Å². The molecule has 0 spiro atoms. The second kappa shape index (κ2) is 8.77. The van der Waals surface area contributed by atoms with E-state index in [2.05, 4.69) is 10.1 Å². The molecule has 0 aliphatic carbocycles. The molecule has 0 saturated heterocycles. The molecule has 0 unspecified atom stereocenters. The number of para-hydroxylation sites is 1. The number of ether oxygens (including phenoxy) is 3. The smallest absolute Gasteiger partial charge is 0.341 e. The molecule has 0 aliphatic rings. The van der Waals surface area contributed by atoms with Crippen molar-refractivity contribution in [3.63, 3.8) is 0 Å². The van der Waals surface area contributed by atoms with E-state index in [-0.39, 0.29) is 12.5 Å². The minimum Gasteiger partial charge on any atom is -0.496 e. The van der Waals surface area contributed by atoms with Gasteiger partial charge >= 0.3 is 5.97 Å². The van der Waals surface area contributed by atoms with Crippen molar-refractivity contribution >= 4 is 17.6 Å². The van der Waals surface area contributed by atoms with Crippen molar-refractivity contribution in [2.24, 2.45) is 0 Å². The van der Waals surface area contributed by atoms with E-state index in [9.17, 15) is 9.59 Å². The number of carbonyl (C=O) groups excluding carboxylic acids is 2. The number of benzene rings is 2.